The van der Waals surface area contributed by atoms with Gasteiger partial charge in [0.1, 0.15) is 11.2 Å². The molecule has 9 nitrogen and oxygen atoms in total. The number of methoxy groups -OCH3 is 1. The van der Waals surface area contributed by atoms with Crippen molar-refractivity contribution >= 4 is 31.6 Å². The Labute approximate surface area is 372 Å². The van der Waals surface area contributed by atoms with Crippen molar-refractivity contribution < 1.29 is 67.0 Å². The maximum atomic E-state index is 13.2. The van der Waals surface area contributed by atoms with Crippen LogP contribution >= 0.6 is 0 Å². The van der Waals surface area contributed by atoms with Gasteiger partial charge in [-0.3, -0.25) is 9.59 Å². The zero-order chi connectivity index (χ0) is 48.1. The summed E-state index contributed by atoms with van der Waals surface area (Å²) in [5, 5.41) is -1.39. The number of carbonyl (C=O) groups is 2. The third-order valence-corrected chi connectivity index (χ3v) is 12.9. The van der Waals surface area contributed by atoms with Crippen LogP contribution < -0.4 is 0 Å². The van der Waals surface area contributed by atoms with Crippen LogP contribution in [0.2, 0.25) is 0 Å². The fourth-order valence-electron chi connectivity index (χ4n) is 6.17. The number of hydrogen-bond acceptors (Lipinski definition) is 9. The topological polar surface area (TPSA) is 130 Å². The van der Waals surface area contributed by atoms with Crippen molar-refractivity contribution in [3.63, 3.8) is 0 Å². The molecule has 64 heavy (non-hydrogen) atoms. The molecule has 4 aromatic carbocycles. The Balaban J connectivity index is 0.000000343. The molecule has 0 aromatic heterocycles. The summed E-state index contributed by atoms with van der Waals surface area (Å²) >= 11 is 0. The van der Waals surface area contributed by atoms with E-state index in [1.165, 1.54) is 31.4 Å². The lowest BCUT2D eigenvalue weighted by Crippen LogP contribution is -2.37. The summed E-state index contributed by atoms with van der Waals surface area (Å²) in [5.41, 5.74) is 3.11. The Morgan fingerprint density at radius 3 is 1.25 bits per heavy atom. The summed E-state index contributed by atoms with van der Waals surface area (Å²) in [7, 11) is -6.42. The van der Waals surface area contributed by atoms with Gasteiger partial charge in [0.05, 0.1) is 9.79 Å². The second-order valence-electron chi connectivity index (χ2n) is 17.1. The maximum absolute atomic E-state index is 13.2. The maximum Gasteiger partial charge on any atom is 0.389 e. The minimum Gasteiger partial charge on any atom is -0.459 e. The molecule has 0 aliphatic rings. The zero-order valence-corrected chi connectivity index (χ0v) is 38.6. The Kier molecular flexibility index (Phi) is 18.8. The molecular formula is C47H56F6O9S2. The van der Waals surface area contributed by atoms with Crippen molar-refractivity contribution in [1.29, 1.82) is 0 Å². The molecule has 0 saturated heterocycles. The van der Waals surface area contributed by atoms with E-state index in [0.29, 0.717) is 12.8 Å². The number of rotatable bonds is 17. The number of sulfone groups is 2. The molecule has 0 spiro atoms. The van der Waals surface area contributed by atoms with Gasteiger partial charge >= 0.3 is 24.3 Å². The van der Waals surface area contributed by atoms with Gasteiger partial charge in [0.15, 0.2) is 30.7 Å². The van der Waals surface area contributed by atoms with Crippen molar-refractivity contribution in [2.24, 2.45) is 0 Å². The van der Waals surface area contributed by atoms with E-state index >= 15 is 0 Å². The Hall–Kier alpha value is -4.74. The first-order chi connectivity index (χ1) is 29.5. The molecule has 1 unspecified atom stereocenters. The van der Waals surface area contributed by atoms with Crippen LogP contribution in [0.25, 0.3) is 22.3 Å². The summed E-state index contributed by atoms with van der Waals surface area (Å²) in [6.45, 7) is 10.1. The van der Waals surface area contributed by atoms with Gasteiger partial charge in [-0.2, -0.15) is 26.3 Å². The molecule has 4 rings (SSSR count). The Morgan fingerprint density at radius 1 is 0.547 bits per heavy atom. The molecule has 1 atom stereocenters. The molecule has 0 bridgehead atoms. The first-order valence-corrected chi connectivity index (χ1v) is 23.6. The van der Waals surface area contributed by atoms with E-state index in [2.05, 4.69) is 0 Å². The molecule has 0 fully saturated rings. The number of alkyl halides is 6. The highest BCUT2D eigenvalue weighted by atomic mass is 32.2. The molecule has 0 heterocycles. The van der Waals surface area contributed by atoms with Gasteiger partial charge in [-0.15, -0.1) is 0 Å². The number of aryl methyl sites for hydroxylation is 2. The number of esters is 2. The quantitative estimate of drug-likeness (QED) is 0.0750. The van der Waals surface area contributed by atoms with E-state index in [1.807, 2.05) is 0 Å². The van der Waals surface area contributed by atoms with E-state index in [-0.39, 0.29) is 35.7 Å². The molecule has 4 aromatic rings. The SMILES string of the molecule is CC(C)(C)OC(=O)CS(=O)(=O)c1ccc(-c2ccc(CCCC(F)(F)F)cc2)cc1.COCCC(C(=O)OC(C)(C)C)S(=O)(=O)c1ccc(-c2ccc(CCCC(F)(F)F)cc2)cc1. The van der Waals surface area contributed by atoms with Crippen molar-refractivity contribution in [3.8, 4) is 22.3 Å². The molecule has 17 heteroatoms. The van der Waals surface area contributed by atoms with Crippen LogP contribution in [0, 0.1) is 0 Å². The van der Waals surface area contributed by atoms with E-state index in [0.717, 1.165) is 33.4 Å². The van der Waals surface area contributed by atoms with Gasteiger partial charge in [-0.25, -0.2) is 16.8 Å². The van der Waals surface area contributed by atoms with Crippen LogP contribution in [-0.4, -0.2) is 77.0 Å². The predicted octanol–water partition coefficient (Wildman–Crippen LogP) is 11.1. The Morgan fingerprint density at radius 2 is 0.906 bits per heavy atom. The molecule has 0 aliphatic heterocycles. The molecule has 0 N–H and O–H groups in total. The summed E-state index contributed by atoms with van der Waals surface area (Å²) in [6.07, 6.45) is -9.26. The minimum absolute atomic E-state index is 0.00742. The number of benzene rings is 4. The number of ether oxygens (including phenoxy) is 3. The van der Waals surface area contributed by atoms with E-state index in [1.54, 1.807) is 114 Å². The van der Waals surface area contributed by atoms with Gasteiger partial charge in [-0.1, -0.05) is 72.8 Å². The van der Waals surface area contributed by atoms with E-state index in [9.17, 15) is 52.8 Å². The highest BCUT2D eigenvalue weighted by Gasteiger charge is 2.37. The first-order valence-electron chi connectivity index (χ1n) is 20.4. The molecular weight excluding hydrogens is 887 g/mol. The fourth-order valence-corrected chi connectivity index (χ4v) is 8.81. The standard InChI is InChI=1S/C25H31F3O5S.C22H25F3O4S/c1-24(2,3)33-23(29)22(15-17-32-4)34(30,31)21-13-11-20(12-14-21)19-9-7-18(8-10-19)6-5-16-25(26,27)28;1-21(2,3)29-20(26)15-30(27,28)19-12-10-18(11-13-19)17-8-6-16(7-9-17)5-4-14-22(23,24)25/h7-14,22H,5-6,15-17H2,1-4H3;6-13H,4-5,14-15H2,1-3H3. The normalized spacial score (nSPS) is 13.1. The largest absolute Gasteiger partial charge is 0.459 e. The monoisotopic (exact) mass is 942 g/mol. The van der Waals surface area contributed by atoms with E-state index in [4.69, 9.17) is 14.2 Å². The number of hydrogen-bond donors (Lipinski definition) is 0. The van der Waals surface area contributed by atoms with Crippen LogP contribution in [0.15, 0.2) is 107 Å². The van der Waals surface area contributed by atoms with E-state index < -0.39 is 79.0 Å². The summed E-state index contributed by atoms with van der Waals surface area (Å²) in [4.78, 5) is 24.5. The summed E-state index contributed by atoms with van der Waals surface area (Å²) < 4.78 is 140. The lowest BCUT2D eigenvalue weighted by molar-refractivity contribution is -0.155. The molecule has 0 radical (unpaired) electrons. The van der Waals surface area contributed by atoms with Crippen LogP contribution in [0.3, 0.4) is 0 Å². The molecule has 0 amide bonds. The van der Waals surface area contributed by atoms with Gasteiger partial charge in [0.25, 0.3) is 0 Å². The van der Waals surface area contributed by atoms with Gasteiger partial charge < -0.3 is 14.2 Å². The smallest absolute Gasteiger partial charge is 0.389 e. The lowest BCUT2D eigenvalue weighted by Gasteiger charge is -2.24. The summed E-state index contributed by atoms with van der Waals surface area (Å²) in [5.74, 6) is -2.38. The number of halogens is 6. The van der Waals surface area contributed by atoms with Gasteiger partial charge in [-0.05, 0) is 131 Å². The van der Waals surface area contributed by atoms with Crippen molar-refractivity contribution in [2.45, 2.75) is 125 Å². The zero-order valence-electron chi connectivity index (χ0n) is 36.9. The summed E-state index contributed by atoms with van der Waals surface area (Å²) in [6, 6.07) is 26.4. The van der Waals surface area contributed by atoms with Crippen LogP contribution in [0.4, 0.5) is 26.3 Å². The third-order valence-electron chi connectivity index (χ3n) is 9.18. The minimum atomic E-state index is -4.16. The second-order valence-corrected chi connectivity index (χ2v) is 21.2. The average molecular weight is 943 g/mol. The van der Waals surface area contributed by atoms with Crippen molar-refractivity contribution in [1.82, 2.24) is 0 Å². The van der Waals surface area contributed by atoms with Crippen LogP contribution in [0.5, 0.6) is 0 Å². The third kappa shape index (κ3) is 18.8. The number of carbonyl (C=O) groups excluding carboxylic acids is 2. The van der Waals surface area contributed by atoms with Crippen molar-refractivity contribution in [2.75, 3.05) is 19.5 Å². The molecule has 0 aliphatic carbocycles. The average Bonchev–Trinajstić information content (AvgIpc) is 3.16. The second kappa shape index (κ2) is 22.4. The fraction of sp³-hybridized carbons (Fsp3) is 0.447. The predicted molar refractivity (Wildman–Crippen MR) is 233 cm³/mol. The van der Waals surface area contributed by atoms with Crippen LogP contribution in [-0.2, 0) is 56.3 Å². The van der Waals surface area contributed by atoms with Crippen LogP contribution in [0.1, 0.15) is 84.8 Å². The lowest BCUT2D eigenvalue weighted by atomic mass is 10.0. The highest BCUT2D eigenvalue weighted by molar-refractivity contribution is 7.93. The van der Waals surface area contributed by atoms with Crippen molar-refractivity contribution in [3.05, 3.63) is 108 Å². The molecule has 0 saturated carbocycles. The highest BCUT2D eigenvalue weighted by Crippen LogP contribution is 2.29. The molecule has 352 valence electrons. The first kappa shape index (κ1) is 53.6. The Bertz CT molecular complexity index is 2330. The van der Waals surface area contributed by atoms with Gasteiger partial charge in [0, 0.05) is 26.6 Å². The van der Waals surface area contributed by atoms with Gasteiger partial charge in [0.2, 0.25) is 0 Å².